The first kappa shape index (κ1) is 13.5. The molecule has 1 aliphatic carbocycles. The van der Waals surface area contributed by atoms with Crippen LogP contribution in [0.1, 0.15) is 25.3 Å². The van der Waals surface area contributed by atoms with Crippen molar-refractivity contribution in [3.05, 3.63) is 35.9 Å². The summed E-state index contributed by atoms with van der Waals surface area (Å²) in [6, 6.07) is 10.3. The molecule has 1 saturated carbocycles. The third-order valence-electron chi connectivity index (χ3n) is 3.59. The minimum atomic E-state index is -0.0683. The van der Waals surface area contributed by atoms with Gasteiger partial charge in [0.15, 0.2) is 0 Å². The highest BCUT2D eigenvalue weighted by Gasteiger charge is 2.34. The monoisotopic (exact) mass is 256 g/mol. The van der Waals surface area contributed by atoms with Gasteiger partial charge in [-0.05, 0) is 31.2 Å². The van der Waals surface area contributed by atoms with Crippen LogP contribution in [0, 0.1) is 18.3 Å². The summed E-state index contributed by atoms with van der Waals surface area (Å²) in [5.74, 6) is 3.08. The van der Waals surface area contributed by atoms with Gasteiger partial charge in [0.2, 0.25) is 0 Å². The van der Waals surface area contributed by atoms with Crippen molar-refractivity contribution in [3.8, 4) is 12.3 Å². The number of benzene rings is 1. The van der Waals surface area contributed by atoms with E-state index < -0.39 is 0 Å². The molecule has 1 atom stereocenters. The predicted molar refractivity (Wildman–Crippen MR) is 76.4 cm³/mol. The second kappa shape index (κ2) is 6.29. The van der Waals surface area contributed by atoms with Crippen LogP contribution in [0.5, 0.6) is 0 Å². The highest BCUT2D eigenvalue weighted by atomic mass is 16.2. The first-order valence-corrected chi connectivity index (χ1v) is 6.74. The van der Waals surface area contributed by atoms with Crippen LogP contribution in [0.3, 0.4) is 0 Å². The molecule has 0 unspecified atom stereocenters. The van der Waals surface area contributed by atoms with Gasteiger partial charge in [0.1, 0.15) is 0 Å². The third kappa shape index (κ3) is 3.75. The van der Waals surface area contributed by atoms with Crippen LogP contribution in [0.2, 0.25) is 0 Å². The van der Waals surface area contributed by atoms with Crippen LogP contribution < -0.4 is 5.32 Å². The molecule has 0 radical (unpaired) electrons. The molecule has 3 heteroatoms. The third-order valence-corrected chi connectivity index (χ3v) is 3.59. The number of hydrogen-bond donors (Lipinski definition) is 1. The van der Waals surface area contributed by atoms with Crippen molar-refractivity contribution < 1.29 is 4.79 Å². The van der Waals surface area contributed by atoms with E-state index in [2.05, 4.69) is 18.2 Å². The largest absolute Gasteiger partial charge is 0.327 e. The summed E-state index contributed by atoms with van der Waals surface area (Å²) in [6.07, 6.45) is 7.63. The van der Waals surface area contributed by atoms with Gasteiger partial charge in [-0.1, -0.05) is 36.3 Å². The van der Waals surface area contributed by atoms with Crippen LogP contribution in [0.25, 0.3) is 0 Å². The molecule has 3 nitrogen and oxygen atoms in total. The first-order valence-electron chi connectivity index (χ1n) is 6.74. The van der Waals surface area contributed by atoms with E-state index in [9.17, 15) is 4.79 Å². The van der Waals surface area contributed by atoms with Crippen LogP contribution >= 0.6 is 0 Å². The molecule has 2 amide bonds. The van der Waals surface area contributed by atoms with Crippen LogP contribution in [0.15, 0.2) is 30.3 Å². The van der Waals surface area contributed by atoms with E-state index in [1.54, 1.807) is 0 Å². The molecule has 2 rings (SSSR count). The van der Waals surface area contributed by atoms with E-state index in [1.807, 2.05) is 35.2 Å². The van der Waals surface area contributed by atoms with Crippen molar-refractivity contribution >= 4 is 6.03 Å². The molecule has 0 bridgehead atoms. The fourth-order valence-corrected chi connectivity index (χ4v) is 2.24. The van der Waals surface area contributed by atoms with E-state index in [4.69, 9.17) is 6.42 Å². The number of urea groups is 1. The summed E-state index contributed by atoms with van der Waals surface area (Å²) in [6.45, 7) is 3.03. The first-order chi connectivity index (χ1) is 9.22. The smallest absolute Gasteiger partial charge is 0.318 e. The Morgan fingerprint density at radius 3 is 2.74 bits per heavy atom. The molecule has 1 aromatic rings. The van der Waals surface area contributed by atoms with Crippen molar-refractivity contribution in [1.82, 2.24) is 10.2 Å². The second-order valence-corrected chi connectivity index (χ2v) is 5.05. The van der Waals surface area contributed by atoms with Crippen LogP contribution in [-0.2, 0) is 6.54 Å². The molecule has 0 spiro atoms. The Labute approximate surface area is 115 Å². The molecule has 0 heterocycles. The summed E-state index contributed by atoms with van der Waals surface area (Å²) >= 11 is 0. The Bertz CT molecular complexity index is 459. The average molecular weight is 256 g/mol. The summed E-state index contributed by atoms with van der Waals surface area (Å²) in [5, 5.41) is 2.77. The summed E-state index contributed by atoms with van der Waals surface area (Å²) < 4.78 is 0. The molecule has 0 aromatic heterocycles. The fraction of sp³-hybridized carbons (Fsp3) is 0.438. The average Bonchev–Trinajstić information content (AvgIpc) is 3.27. The van der Waals surface area contributed by atoms with Gasteiger partial charge in [0.05, 0.1) is 6.54 Å². The molecule has 1 fully saturated rings. The van der Waals surface area contributed by atoms with Crippen molar-refractivity contribution in [3.63, 3.8) is 0 Å². The van der Waals surface area contributed by atoms with Gasteiger partial charge in [-0.2, -0.15) is 0 Å². The molecule has 1 N–H and O–H groups in total. The maximum Gasteiger partial charge on any atom is 0.318 e. The lowest BCUT2D eigenvalue weighted by atomic mass is 10.1. The number of nitrogens with zero attached hydrogens (tertiary/aromatic N) is 1. The van der Waals surface area contributed by atoms with Gasteiger partial charge in [-0.3, -0.25) is 0 Å². The minimum Gasteiger partial charge on any atom is -0.327 e. The Balaban J connectivity index is 2.05. The van der Waals surface area contributed by atoms with Crippen molar-refractivity contribution in [1.29, 1.82) is 0 Å². The molecule has 1 aromatic carbocycles. The van der Waals surface area contributed by atoms with E-state index in [-0.39, 0.29) is 18.6 Å². The van der Waals surface area contributed by atoms with Gasteiger partial charge in [-0.25, -0.2) is 4.79 Å². The number of hydrogen-bond acceptors (Lipinski definition) is 1. The zero-order valence-corrected chi connectivity index (χ0v) is 11.3. The van der Waals surface area contributed by atoms with Gasteiger partial charge in [0, 0.05) is 12.6 Å². The number of carbonyl (C=O) groups is 1. The standard InChI is InChI=1S/C16H20N2O/c1-3-11-17-16(19)18(13(2)15-9-10-15)12-14-7-5-4-6-8-14/h1,4-8,13,15H,9-12H2,2H3,(H,17,19)/t13-/m0/s1. The lowest BCUT2D eigenvalue weighted by molar-refractivity contribution is 0.168. The summed E-state index contributed by atoms with van der Waals surface area (Å²) in [4.78, 5) is 14.1. The zero-order chi connectivity index (χ0) is 13.7. The topological polar surface area (TPSA) is 32.3 Å². The quantitative estimate of drug-likeness (QED) is 0.807. The number of carbonyl (C=O) groups excluding carboxylic acids is 1. The number of nitrogens with one attached hydrogen (secondary N) is 1. The van der Waals surface area contributed by atoms with Crippen LogP contribution in [-0.4, -0.2) is 23.5 Å². The Hall–Kier alpha value is -1.95. The molecular weight excluding hydrogens is 236 g/mol. The number of terminal acetylenes is 1. The summed E-state index contributed by atoms with van der Waals surface area (Å²) in [7, 11) is 0. The highest BCUT2D eigenvalue weighted by Crippen LogP contribution is 2.35. The Morgan fingerprint density at radius 1 is 1.47 bits per heavy atom. The minimum absolute atomic E-state index is 0.0683. The van der Waals surface area contributed by atoms with Crippen molar-refractivity contribution in [2.24, 2.45) is 5.92 Å². The summed E-state index contributed by atoms with van der Waals surface area (Å²) in [5.41, 5.74) is 1.14. The Morgan fingerprint density at radius 2 is 2.16 bits per heavy atom. The maximum absolute atomic E-state index is 12.2. The van der Waals surface area contributed by atoms with E-state index in [0.29, 0.717) is 12.5 Å². The van der Waals surface area contributed by atoms with Gasteiger partial charge >= 0.3 is 6.03 Å². The Kier molecular flexibility index (Phi) is 4.46. The maximum atomic E-state index is 12.2. The normalized spacial score (nSPS) is 15.4. The van der Waals surface area contributed by atoms with Crippen molar-refractivity contribution in [2.45, 2.75) is 32.4 Å². The molecular formula is C16H20N2O. The van der Waals surface area contributed by atoms with E-state index in [1.165, 1.54) is 12.8 Å². The molecule has 0 aliphatic heterocycles. The molecule has 19 heavy (non-hydrogen) atoms. The van der Waals surface area contributed by atoms with Gasteiger partial charge in [0.25, 0.3) is 0 Å². The lowest BCUT2D eigenvalue weighted by Crippen LogP contribution is -2.45. The predicted octanol–water partition coefficient (Wildman–Crippen LogP) is 2.63. The molecule has 0 saturated heterocycles. The fourth-order valence-electron chi connectivity index (χ4n) is 2.24. The molecule has 1 aliphatic rings. The van der Waals surface area contributed by atoms with E-state index >= 15 is 0 Å². The van der Waals surface area contributed by atoms with Crippen molar-refractivity contribution in [2.75, 3.05) is 6.54 Å². The van der Waals surface area contributed by atoms with Gasteiger partial charge in [-0.15, -0.1) is 6.42 Å². The number of amides is 2. The SMILES string of the molecule is C#CCNC(=O)N(Cc1ccccc1)[C@@H](C)C1CC1. The zero-order valence-electron chi connectivity index (χ0n) is 11.3. The number of rotatable bonds is 5. The van der Waals surface area contributed by atoms with E-state index in [0.717, 1.165) is 5.56 Å². The van der Waals surface area contributed by atoms with Crippen LogP contribution in [0.4, 0.5) is 4.79 Å². The second-order valence-electron chi connectivity index (χ2n) is 5.05. The van der Waals surface area contributed by atoms with Gasteiger partial charge < -0.3 is 10.2 Å². The lowest BCUT2D eigenvalue weighted by Gasteiger charge is -2.29. The highest BCUT2D eigenvalue weighted by molar-refractivity contribution is 5.74. The molecule has 100 valence electrons.